The minimum absolute atomic E-state index is 0.0135. The topological polar surface area (TPSA) is 135 Å². The number of fused-ring (bicyclic) bond motifs is 3. The molecule has 2 aromatic carbocycles. The molecular weight excluding hydrogens is 452 g/mol. The summed E-state index contributed by atoms with van der Waals surface area (Å²) >= 11 is 0. The number of ether oxygens (including phenoxy) is 1. The van der Waals surface area contributed by atoms with Crippen LogP contribution in [0.25, 0.3) is 11.1 Å². The van der Waals surface area contributed by atoms with Crippen LogP contribution in [-0.4, -0.2) is 58.0 Å². The lowest BCUT2D eigenvalue weighted by Crippen LogP contribution is -2.36. The van der Waals surface area contributed by atoms with Gasteiger partial charge in [0.05, 0.1) is 5.41 Å². The number of nitrogens with one attached hydrogen (secondary N) is 1. The number of carbonyl (C=O) groups is 3. The van der Waals surface area contributed by atoms with Crippen LogP contribution in [0.4, 0.5) is 10.6 Å². The van der Waals surface area contributed by atoms with Crippen molar-refractivity contribution >= 4 is 23.8 Å². The molecule has 2 N–H and O–H groups in total. The fourth-order valence-corrected chi connectivity index (χ4v) is 4.87. The number of benzene rings is 2. The molecule has 3 aromatic rings. The normalized spacial score (nSPS) is 20.9. The van der Waals surface area contributed by atoms with Gasteiger partial charge < -0.3 is 14.7 Å². The van der Waals surface area contributed by atoms with Gasteiger partial charge in [0, 0.05) is 19.0 Å². The Morgan fingerprint density at radius 1 is 1.11 bits per heavy atom. The van der Waals surface area contributed by atoms with Crippen molar-refractivity contribution in [3.63, 3.8) is 0 Å². The van der Waals surface area contributed by atoms with Crippen LogP contribution >= 0.6 is 0 Å². The van der Waals surface area contributed by atoms with E-state index < -0.39 is 23.4 Å². The van der Waals surface area contributed by atoms with Gasteiger partial charge in [-0.2, -0.15) is 0 Å². The summed E-state index contributed by atoms with van der Waals surface area (Å²) in [6.07, 6.45) is -0.804. The summed E-state index contributed by atoms with van der Waals surface area (Å²) in [7, 11) is 0. The molecule has 1 aliphatic heterocycles. The van der Waals surface area contributed by atoms with E-state index in [0.29, 0.717) is 0 Å². The number of aromatic nitrogens is 2. The van der Waals surface area contributed by atoms with Crippen LogP contribution in [-0.2, 0) is 9.53 Å². The van der Waals surface area contributed by atoms with Crippen LogP contribution in [0, 0.1) is 11.3 Å². The van der Waals surface area contributed by atoms with E-state index in [9.17, 15) is 19.5 Å². The Morgan fingerprint density at radius 2 is 1.74 bits per heavy atom. The molecule has 2 amide bonds. The summed E-state index contributed by atoms with van der Waals surface area (Å²) < 4.78 is 10.2. The van der Waals surface area contributed by atoms with Crippen molar-refractivity contribution in [2.24, 2.45) is 11.3 Å². The van der Waals surface area contributed by atoms with Crippen molar-refractivity contribution in [3.05, 3.63) is 65.4 Å². The summed E-state index contributed by atoms with van der Waals surface area (Å²) in [6.45, 7) is 3.72. The lowest BCUT2D eigenvalue weighted by molar-refractivity contribution is -0.148. The molecule has 5 rings (SSSR count). The predicted molar refractivity (Wildman–Crippen MR) is 124 cm³/mol. The SMILES string of the molecule is C[C@H]1CN(C(=O)c2nonc2NC(=O)OCC2c3ccccc3-c3ccccc32)C[C@]1(C)C(=O)O. The summed E-state index contributed by atoms with van der Waals surface area (Å²) in [6, 6.07) is 16.0. The van der Waals surface area contributed by atoms with Crippen LogP contribution in [0.2, 0.25) is 0 Å². The third-order valence-electron chi connectivity index (χ3n) is 7.13. The summed E-state index contributed by atoms with van der Waals surface area (Å²) in [5.74, 6) is -2.11. The van der Waals surface area contributed by atoms with Gasteiger partial charge in [-0.25, -0.2) is 9.42 Å². The highest BCUT2D eigenvalue weighted by molar-refractivity contribution is 6.00. The molecule has 2 atom stereocenters. The number of hydrogen-bond acceptors (Lipinski definition) is 7. The Kier molecular flexibility index (Phi) is 5.50. The molecule has 10 nitrogen and oxygen atoms in total. The van der Waals surface area contributed by atoms with Gasteiger partial charge >= 0.3 is 12.1 Å². The zero-order chi connectivity index (χ0) is 24.7. The van der Waals surface area contributed by atoms with Crippen molar-refractivity contribution in [2.45, 2.75) is 19.8 Å². The van der Waals surface area contributed by atoms with Crippen LogP contribution < -0.4 is 5.32 Å². The van der Waals surface area contributed by atoms with E-state index in [1.807, 2.05) is 48.5 Å². The molecule has 0 spiro atoms. The number of carbonyl (C=O) groups excluding carboxylic acids is 2. The molecule has 0 radical (unpaired) electrons. The van der Waals surface area contributed by atoms with Crippen molar-refractivity contribution in [1.29, 1.82) is 0 Å². The first-order chi connectivity index (χ1) is 16.8. The number of likely N-dealkylation sites (tertiary alicyclic amines) is 1. The van der Waals surface area contributed by atoms with Crippen LogP contribution in [0.15, 0.2) is 53.2 Å². The molecule has 0 unspecified atom stereocenters. The van der Waals surface area contributed by atoms with Gasteiger partial charge in [-0.15, -0.1) is 0 Å². The molecule has 2 aliphatic rings. The summed E-state index contributed by atoms with van der Waals surface area (Å²) in [4.78, 5) is 38.6. The predicted octanol–water partition coefficient (Wildman–Crippen LogP) is 3.61. The fraction of sp³-hybridized carbons (Fsp3) is 0.320. The minimum Gasteiger partial charge on any atom is -0.481 e. The highest BCUT2D eigenvalue weighted by atomic mass is 16.6. The number of aliphatic carboxylic acids is 1. The Bertz CT molecular complexity index is 1280. The van der Waals surface area contributed by atoms with Gasteiger partial charge in [0.2, 0.25) is 11.5 Å². The zero-order valence-corrected chi connectivity index (χ0v) is 19.2. The van der Waals surface area contributed by atoms with E-state index in [1.54, 1.807) is 13.8 Å². The molecule has 1 aromatic heterocycles. The van der Waals surface area contributed by atoms with E-state index in [1.165, 1.54) is 4.90 Å². The number of rotatable bonds is 5. The molecule has 1 saturated heterocycles. The van der Waals surface area contributed by atoms with Crippen molar-refractivity contribution in [2.75, 3.05) is 25.0 Å². The van der Waals surface area contributed by atoms with E-state index >= 15 is 0 Å². The first-order valence-electron chi connectivity index (χ1n) is 11.3. The monoisotopic (exact) mass is 476 g/mol. The molecule has 180 valence electrons. The Balaban J connectivity index is 1.26. The number of carboxylic acid groups (broad SMARTS) is 1. The maximum atomic E-state index is 13.0. The summed E-state index contributed by atoms with van der Waals surface area (Å²) in [5.41, 5.74) is 3.08. The Hall–Kier alpha value is -4.21. The smallest absolute Gasteiger partial charge is 0.412 e. The number of hydrogen-bond donors (Lipinski definition) is 2. The highest BCUT2D eigenvalue weighted by Gasteiger charge is 2.48. The van der Waals surface area contributed by atoms with E-state index in [4.69, 9.17) is 9.37 Å². The third kappa shape index (κ3) is 3.80. The van der Waals surface area contributed by atoms with Gasteiger partial charge in [-0.3, -0.25) is 14.9 Å². The van der Waals surface area contributed by atoms with E-state index in [-0.39, 0.29) is 43.0 Å². The molecule has 2 heterocycles. The number of anilines is 1. The van der Waals surface area contributed by atoms with Crippen LogP contribution in [0.1, 0.15) is 41.4 Å². The zero-order valence-electron chi connectivity index (χ0n) is 19.2. The van der Waals surface area contributed by atoms with Gasteiger partial charge in [-0.1, -0.05) is 55.5 Å². The Morgan fingerprint density at radius 3 is 2.34 bits per heavy atom. The summed E-state index contributed by atoms with van der Waals surface area (Å²) in [5, 5.41) is 19.3. The third-order valence-corrected chi connectivity index (χ3v) is 7.13. The maximum absolute atomic E-state index is 13.0. The van der Waals surface area contributed by atoms with Gasteiger partial charge in [0.15, 0.2) is 0 Å². The lowest BCUT2D eigenvalue weighted by Gasteiger charge is -2.22. The molecule has 10 heteroatoms. The number of nitrogens with zero attached hydrogens (tertiary/aromatic N) is 3. The van der Waals surface area contributed by atoms with Crippen LogP contribution in [0.3, 0.4) is 0 Å². The average molecular weight is 476 g/mol. The van der Waals surface area contributed by atoms with Crippen molar-refractivity contribution in [1.82, 2.24) is 15.2 Å². The number of carboxylic acids is 1. The highest BCUT2D eigenvalue weighted by Crippen LogP contribution is 2.44. The largest absolute Gasteiger partial charge is 0.481 e. The maximum Gasteiger partial charge on any atom is 0.412 e. The minimum atomic E-state index is -1.08. The van der Waals surface area contributed by atoms with Gasteiger partial charge in [0.25, 0.3) is 5.91 Å². The molecule has 1 aliphatic carbocycles. The van der Waals surface area contributed by atoms with E-state index in [2.05, 4.69) is 15.6 Å². The second-order valence-electron chi connectivity index (χ2n) is 9.22. The molecule has 0 bridgehead atoms. The lowest BCUT2D eigenvalue weighted by atomic mass is 9.81. The van der Waals surface area contributed by atoms with Gasteiger partial charge in [-0.05, 0) is 45.4 Å². The van der Waals surface area contributed by atoms with Gasteiger partial charge in [0.1, 0.15) is 6.61 Å². The first-order valence-corrected chi connectivity index (χ1v) is 11.3. The second kappa shape index (κ2) is 8.53. The Labute approximate surface area is 200 Å². The molecule has 1 fully saturated rings. The fourth-order valence-electron chi connectivity index (χ4n) is 4.87. The second-order valence-corrected chi connectivity index (χ2v) is 9.22. The standard InChI is InChI=1S/C25H24N4O6/c1-14-11-29(13-25(14,2)23(31)32)22(30)20-21(28-35-27-20)26-24(33)34-12-19-17-9-5-3-7-15(17)16-8-4-6-10-18(16)19/h3-10,14,19H,11-13H2,1-2H3,(H,31,32)(H,26,28,33)/t14-,25-/m0/s1. The van der Waals surface area contributed by atoms with Crippen LogP contribution in [0.5, 0.6) is 0 Å². The molecule has 0 saturated carbocycles. The van der Waals surface area contributed by atoms with Crippen molar-refractivity contribution in [3.8, 4) is 11.1 Å². The van der Waals surface area contributed by atoms with Crippen molar-refractivity contribution < 1.29 is 28.9 Å². The molecule has 35 heavy (non-hydrogen) atoms. The number of amides is 2. The van der Waals surface area contributed by atoms with E-state index in [0.717, 1.165) is 22.3 Å². The quantitative estimate of drug-likeness (QED) is 0.570. The molecular formula is C25H24N4O6. The average Bonchev–Trinajstić information content (AvgIpc) is 3.52. The first kappa shape index (κ1) is 22.6.